The number of carbonyl (C=O) groups is 3. The second kappa shape index (κ2) is 24.3. The normalized spacial score (nSPS) is 33.0. The molecule has 15 atom stereocenters. The number of Topliss-reactive ketones (excluding diaryl/α,β-unsaturated/α-hetero) is 1. The standard InChI is InChI=1S/C46H68O19Si/c1-26(48)21-22-33(50)63-40-31(25-59-66(46(3,4)5,28-16-10-7-11-17-28)29-18-12-8-13-19-29)62-45(58-23-15-9-14-20-32(49)57-6)42(65-43-38(55)36(53)34(51)27(2)60-43)41(40)64-44-39(56)37(54)35(52)30(24-47)61-44/h7-8,10-13,16-19,27,30-31,34-45,47,51-56H,9,14-15,20-25H2,1-6H3/t27-,30+,31+,34+,35-,36+,37-,38-,39+,40-,41-,42+,43-,44+,45+/m0/s1. The highest BCUT2D eigenvalue weighted by Gasteiger charge is 2.58. The van der Waals surface area contributed by atoms with Gasteiger partial charge in [0.2, 0.25) is 0 Å². The van der Waals surface area contributed by atoms with Crippen molar-refractivity contribution in [1.29, 1.82) is 0 Å². The molecule has 66 heavy (non-hydrogen) atoms. The van der Waals surface area contributed by atoms with E-state index in [1.165, 1.54) is 21.0 Å². The minimum Gasteiger partial charge on any atom is -0.469 e. The highest BCUT2D eigenvalue weighted by atomic mass is 28.4. The lowest BCUT2D eigenvalue weighted by molar-refractivity contribution is -0.390. The Morgan fingerprint density at radius 1 is 0.636 bits per heavy atom. The van der Waals surface area contributed by atoms with E-state index >= 15 is 0 Å². The van der Waals surface area contributed by atoms with Gasteiger partial charge in [-0.15, -0.1) is 0 Å². The summed E-state index contributed by atoms with van der Waals surface area (Å²) >= 11 is 0. The van der Waals surface area contributed by atoms with E-state index in [4.69, 9.17) is 42.3 Å². The second-order valence-corrected chi connectivity index (χ2v) is 22.3. The Labute approximate surface area is 385 Å². The smallest absolute Gasteiger partial charge is 0.306 e. The van der Waals surface area contributed by atoms with E-state index in [1.807, 2.05) is 60.7 Å². The fourth-order valence-electron chi connectivity index (χ4n) is 8.51. The van der Waals surface area contributed by atoms with Crippen LogP contribution in [0.5, 0.6) is 0 Å². The molecular formula is C46H68O19Si. The fourth-order valence-corrected chi connectivity index (χ4v) is 13.1. The Morgan fingerprint density at radius 3 is 1.76 bits per heavy atom. The minimum absolute atomic E-state index is 0.0182. The van der Waals surface area contributed by atoms with Crippen LogP contribution in [0.2, 0.25) is 5.04 Å². The average molecular weight is 953 g/mol. The highest BCUT2D eigenvalue weighted by molar-refractivity contribution is 6.99. The molecule has 0 radical (unpaired) electrons. The number of ether oxygens (including phenoxy) is 8. The van der Waals surface area contributed by atoms with E-state index in [0.717, 1.165) is 10.4 Å². The van der Waals surface area contributed by atoms with Crippen LogP contribution < -0.4 is 10.4 Å². The number of carbonyl (C=O) groups excluding carboxylic acids is 3. The quantitative estimate of drug-likeness (QED) is 0.0482. The zero-order valence-electron chi connectivity index (χ0n) is 38.3. The number of rotatable bonds is 21. The summed E-state index contributed by atoms with van der Waals surface area (Å²) in [5.41, 5.74) is 0. The van der Waals surface area contributed by atoms with Gasteiger partial charge < -0.3 is 82.9 Å². The third kappa shape index (κ3) is 12.9. The lowest BCUT2D eigenvalue weighted by Crippen LogP contribution is -2.70. The van der Waals surface area contributed by atoms with Crippen molar-refractivity contribution in [2.24, 2.45) is 0 Å². The molecule has 7 N–H and O–H groups in total. The molecule has 2 aromatic carbocycles. The van der Waals surface area contributed by atoms with Crippen LogP contribution in [0, 0.1) is 0 Å². The molecule has 0 bridgehead atoms. The van der Waals surface area contributed by atoms with Crippen LogP contribution in [-0.4, -0.2) is 181 Å². The van der Waals surface area contributed by atoms with E-state index < -0.39 is 118 Å². The summed E-state index contributed by atoms with van der Waals surface area (Å²) in [5, 5.41) is 76.8. The van der Waals surface area contributed by atoms with Gasteiger partial charge in [-0.05, 0) is 42.1 Å². The van der Waals surface area contributed by atoms with Crippen LogP contribution >= 0.6 is 0 Å². The number of unbranched alkanes of at least 4 members (excludes halogenated alkanes) is 2. The topological polar surface area (TPSA) is 276 Å². The largest absolute Gasteiger partial charge is 0.469 e. The van der Waals surface area contributed by atoms with Gasteiger partial charge in [-0.25, -0.2) is 0 Å². The third-order valence-electron chi connectivity index (χ3n) is 12.2. The molecular weight excluding hydrogens is 885 g/mol. The molecule has 0 spiro atoms. The number of hydrogen-bond acceptors (Lipinski definition) is 19. The Balaban J connectivity index is 1.64. The van der Waals surface area contributed by atoms with E-state index in [-0.39, 0.29) is 44.2 Å². The fraction of sp³-hybridized carbons (Fsp3) is 0.674. The zero-order chi connectivity index (χ0) is 48.3. The van der Waals surface area contributed by atoms with Gasteiger partial charge >= 0.3 is 11.9 Å². The van der Waals surface area contributed by atoms with Gasteiger partial charge in [-0.1, -0.05) is 87.9 Å². The molecule has 3 aliphatic rings. The monoisotopic (exact) mass is 952 g/mol. The van der Waals surface area contributed by atoms with Crippen LogP contribution in [0.15, 0.2) is 60.7 Å². The molecule has 3 heterocycles. The molecule has 370 valence electrons. The van der Waals surface area contributed by atoms with Crippen LogP contribution in [0.1, 0.15) is 73.1 Å². The van der Waals surface area contributed by atoms with Crippen LogP contribution in [0.25, 0.3) is 0 Å². The molecule has 20 heteroatoms. The van der Waals surface area contributed by atoms with Gasteiger partial charge in [0.15, 0.2) is 25.0 Å². The van der Waals surface area contributed by atoms with Crippen LogP contribution in [-0.2, 0) is 56.7 Å². The molecule has 0 unspecified atom stereocenters. The van der Waals surface area contributed by atoms with Crippen molar-refractivity contribution in [3.63, 3.8) is 0 Å². The lowest BCUT2D eigenvalue weighted by Gasteiger charge is -2.50. The van der Waals surface area contributed by atoms with Crippen molar-refractivity contribution in [1.82, 2.24) is 0 Å². The number of methoxy groups -OCH3 is 1. The van der Waals surface area contributed by atoms with Gasteiger partial charge in [0.1, 0.15) is 66.8 Å². The van der Waals surface area contributed by atoms with Crippen molar-refractivity contribution in [2.75, 3.05) is 26.9 Å². The van der Waals surface area contributed by atoms with Gasteiger partial charge in [-0.2, -0.15) is 0 Å². The van der Waals surface area contributed by atoms with Gasteiger partial charge in [0, 0.05) is 19.4 Å². The maximum atomic E-state index is 13.8. The van der Waals surface area contributed by atoms with Crippen molar-refractivity contribution in [3.8, 4) is 0 Å². The van der Waals surface area contributed by atoms with Gasteiger partial charge in [0.25, 0.3) is 8.32 Å². The SMILES string of the molecule is COC(=O)CCCCCO[C@@H]1O[C@H](CO[Si](c2ccccc2)(c2ccccc2)C(C)(C)C)[C@H](OC(=O)CCC(C)=O)[C@H](O[C@H]2O[C@H](CO)[C@H](O)[C@H](O)[C@H]2O)[C@H]1O[C@@H]1O[C@@H](C)[C@@H](O)[C@@H](O)[C@@H]1O. The Bertz CT molecular complexity index is 1780. The van der Waals surface area contributed by atoms with Gasteiger partial charge in [0.05, 0.1) is 32.8 Å². The maximum Gasteiger partial charge on any atom is 0.306 e. The predicted molar refractivity (Wildman–Crippen MR) is 234 cm³/mol. The molecule has 3 aliphatic heterocycles. The highest BCUT2D eigenvalue weighted by Crippen LogP contribution is 2.40. The second-order valence-electron chi connectivity index (χ2n) is 18.0. The van der Waals surface area contributed by atoms with E-state index in [9.17, 15) is 50.1 Å². The molecule has 3 saturated heterocycles. The summed E-state index contributed by atoms with van der Waals surface area (Å²) in [6, 6.07) is 19.3. The number of aliphatic hydroxyl groups excluding tert-OH is 7. The van der Waals surface area contributed by atoms with E-state index in [0.29, 0.717) is 19.3 Å². The summed E-state index contributed by atoms with van der Waals surface area (Å²) in [6.07, 6.45) is -23.6. The molecule has 2 aromatic rings. The summed E-state index contributed by atoms with van der Waals surface area (Å²) in [4.78, 5) is 37.7. The molecule has 5 rings (SSSR count). The summed E-state index contributed by atoms with van der Waals surface area (Å²) in [7, 11) is -2.08. The molecule has 19 nitrogen and oxygen atoms in total. The number of hydrogen-bond donors (Lipinski definition) is 7. The number of aliphatic hydroxyl groups is 7. The minimum atomic E-state index is -3.37. The number of benzene rings is 2. The summed E-state index contributed by atoms with van der Waals surface area (Å²) in [5.74, 6) is -1.55. The molecule has 0 aromatic heterocycles. The van der Waals surface area contributed by atoms with E-state index in [1.54, 1.807) is 0 Å². The molecule has 0 aliphatic carbocycles. The number of ketones is 1. The van der Waals surface area contributed by atoms with Crippen molar-refractivity contribution in [2.45, 2.75) is 170 Å². The van der Waals surface area contributed by atoms with Crippen LogP contribution in [0.3, 0.4) is 0 Å². The summed E-state index contributed by atoms with van der Waals surface area (Å²) in [6.45, 7) is 7.80. The van der Waals surface area contributed by atoms with Crippen LogP contribution in [0.4, 0.5) is 0 Å². The zero-order valence-corrected chi connectivity index (χ0v) is 39.3. The van der Waals surface area contributed by atoms with Crippen molar-refractivity contribution in [3.05, 3.63) is 60.7 Å². The first-order valence-electron chi connectivity index (χ1n) is 22.4. The first kappa shape index (κ1) is 53.7. The van der Waals surface area contributed by atoms with Gasteiger partial charge in [-0.3, -0.25) is 9.59 Å². The molecule has 3 fully saturated rings. The predicted octanol–water partition coefficient (Wildman–Crippen LogP) is -0.283. The molecule has 0 saturated carbocycles. The van der Waals surface area contributed by atoms with Crippen molar-refractivity contribution >= 4 is 36.4 Å². The Hall–Kier alpha value is -3.29. The Morgan fingerprint density at radius 2 is 1.20 bits per heavy atom. The lowest BCUT2D eigenvalue weighted by atomic mass is 9.96. The van der Waals surface area contributed by atoms with Crippen molar-refractivity contribution < 1.29 is 92.5 Å². The summed E-state index contributed by atoms with van der Waals surface area (Å²) < 4.78 is 55.9. The van der Waals surface area contributed by atoms with E-state index in [2.05, 4.69) is 20.8 Å². The Kier molecular flexibility index (Phi) is 19.8. The third-order valence-corrected chi connectivity index (χ3v) is 17.2. The molecule has 0 amide bonds. The maximum absolute atomic E-state index is 13.8. The average Bonchev–Trinajstić information content (AvgIpc) is 3.29. The first-order chi connectivity index (χ1) is 31.3. The number of esters is 2. The first-order valence-corrected chi connectivity index (χ1v) is 24.3.